The van der Waals surface area contributed by atoms with Crippen LogP contribution in [-0.4, -0.2) is 24.6 Å². The van der Waals surface area contributed by atoms with Crippen molar-refractivity contribution in [3.05, 3.63) is 54.2 Å². The molecule has 0 aliphatic carbocycles. The van der Waals surface area contributed by atoms with Crippen LogP contribution in [0.2, 0.25) is 0 Å². The van der Waals surface area contributed by atoms with Crippen molar-refractivity contribution >= 4 is 32.6 Å². The van der Waals surface area contributed by atoms with Gasteiger partial charge in [0.2, 0.25) is 0 Å². The Hall–Kier alpha value is -2.87. The van der Waals surface area contributed by atoms with Gasteiger partial charge in [0.15, 0.2) is 0 Å². The fourth-order valence-electron chi connectivity index (χ4n) is 2.30. The Labute approximate surface area is 138 Å². The molecule has 0 saturated heterocycles. The summed E-state index contributed by atoms with van der Waals surface area (Å²) in [6.07, 6.45) is 1.85. The first-order chi connectivity index (χ1) is 11.4. The number of carbonyl (C=O) groups is 1. The number of carboxylic acid groups (broad SMARTS) is 1. The molecule has 24 heavy (non-hydrogen) atoms. The molecule has 0 aliphatic heterocycles. The van der Waals surface area contributed by atoms with E-state index in [4.69, 9.17) is 0 Å². The van der Waals surface area contributed by atoms with Crippen LogP contribution >= 0.6 is 0 Å². The van der Waals surface area contributed by atoms with E-state index in [1.54, 1.807) is 36.5 Å². The number of aliphatic carboxylic acids is 1. The SMILES string of the molecule is O=C([O-])CCc1ccc(S(=O)(=O)Nc2ccc3cn[nH]c3c2)cc1. The number of carbonyl (C=O) groups excluding carboxylic acids is 1. The lowest BCUT2D eigenvalue weighted by Gasteiger charge is -2.09. The van der Waals surface area contributed by atoms with Gasteiger partial charge >= 0.3 is 0 Å². The highest BCUT2D eigenvalue weighted by Gasteiger charge is 2.14. The molecule has 1 aromatic heterocycles. The second-order valence-corrected chi connectivity index (χ2v) is 6.98. The lowest BCUT2D eigenvalue weighted by Crippen LogP contribution is -2.22. The predicted molar refractivity (Wildman–Crippen MR) is 86.7 cm³/mol. The topological polar surface area (TPSA) is 115 Å². The number of aromatic nitrogens is 2. The highest BCUT2D eigenvalue weighted by molar-refractivity contribution is 7.92. The van der Waals surface area contributed by atoms with Gasteiger partial charge in [0.25, 0.3) is 10.0 Å². The maximum Gasteiger partial charge on any atom is 0.261 e. The smallest absolute Gasteiger partial charge is 0.261 e. The first-order valence-electron chi connectivity index (χ1n) is 7.19. The van der Waals surface area contributed by atoms with Crippen molar-refractivity contribution in [1.29, 1.82) is 0 Å². The molecule has 0 fully saturated rings. The monoisotopic (exact) mass is 344 g/mol. The average Bonchev–Trinajstić information content (AvgIpc) is 3.00. The molecular weight excluding hydrogens is 330 g/mol. The van der Waals surface area contributed by atoms with E-state index in [0.717, 1.165) is 16.5 Å². The van der Waals surface area contributed by atoms with Crippen LogP contribution in [0.1, 0.15) is 12.0 Å². The van der Waals surface area contributed by atoms with E-state index in [9.17, 15) is 18.3 Å². The average molecular weight is 344 g/mol. The lowest BCUT2D eigenvalue weighted by molar-refractivity contribution is -0.305. The number of H-pyrrole nitrogens is 1. The molecule has 124 valence electrons. The standard InChI is InChI=1S/C16H15N3O4S/c20-16(21)8-3-11-1-6-14(7-2-11)24(22,23)19-13-5-4-12-10-17-18-15(12)9-13/h1-2,4-7,9-10,19H,3,8H2,(H,17,18)(H,20,21)/p-1. The number of benzene rings is 2. The molecule has 0 aliphatic rings. The predicted octanol–water partition coefficient (Wildman–Crippen LogP) is 1.05. The number of rotatable bonds is 6. The van der Waals surface area contributed by atoms with E-state index in [1.807, 2.05) is 0 Å². The van der Waals surface area contributed by atoms with Crippen molar-refractivity contribution in [1.82, 2.24) is 10.2 Å². The molecule has 0 unspecified atom stereocenters. The highest BCUT2D eigenvalue weighted by atomic mass is 32.2. The van der Waals surface area contributed by atoms with Crippen LogP contribution < -0.4 is 9.83 Å². The third-order valence-corrected chi connectivity index (χ3v) is 4.94. The van der Waals surface area contributed by atoms with Gasteiger partial charge in [-0.2, -0.15) is 5.10 Å². The molecule has 0 saturated carbocycles. The van der Waals surface area contributed by atoms with Crippen molar-refractivity contribution in [2.45, 2.75) is 17.7 Å². The fraction of sp³-hybridized carbons (Fsp3) is 0.125. The molecular formula is C16H14N3O4S-. The molecule has 2 N–H and O–H groups in total. The quantitative estimate of drug-likeness (QED) is 0.693. The van der Waals surface area contributed by atoms with Crippen LogP contribution in [0.25, 0.3) is 10.9 Å². The van der Waals surface area contributed by atoms with E-state index in [2.05, 4.69) is 14.9 Å². The van der Waals surface area contributed by atoms with Crippen molar-refractivity contribution in [3.63, 3.8) is 0 Å². The van der Waals surface area contributed by atoms with Crippen LogP contribution in [0.5, 0.6) is 0 Å². The summed E-state index contributed by atoms with van der Waals surface area (Å²) in [4.78, 5) is 10.6. The van der Waals surface area contributed by atoms with Gasteiger partial charge in [-0.1, -0.05) is 12.1 Å². The summed E-state index contributed by atoms with van der Waals surface area (Å²) in [5.41, 5.74) is 1.89. The summed E-state index contributed by atoms with van der Waals surface area (Å²) >= 11 is 0. The molecule has 0 spiro atoms. The van der Waals surface area contributed by atoms with E-state index < -0.39 is 16.0 Å². The molecule has 3 rings (SSSR count). The zero-order valence-corrected chi connectivity index (χ0v) is 13.3. The molecule has 0 bridgehead atoms. The minimum absolute atomic E-state index is 0.101. The summed E-state index contributed by atoms with van der Waals surface area (Å²) in [5.74, 6) is -1.14. The summed E-state index contributed by atoms with van der Waals surface area (Å²) < 4.78 is 27.3. The summed E-state index contributed by atoms with van der Waals surface area (Å²) in [6.45, 7) is 0. The number of aromatic amines is 1. The van der Waals surface area contributed by atoms with Gasteiger partial charge in [-0.15, -0.1) is 0 Å². The number of hydrogen-bond donors (Lipinski definition) is 2. The second kappa shape index (κ2) is 6.32. The first-order valence-corrected chi connectivity index (χ1v) is 8.67. The normalized spacial score (nSPS) is 11.5. The van der Waals surface area contributed by atoms with E-state index in [0.29, 0.717) is 12.1 Å². The molecule has 2 aromatic carbocycles. The Balaban J connectivity index is 1.78. The van der Waals surface area contributed by atoms with Gasteiger partial charge in [-0.25, -0.2) is 8.42 Å². The van der Waals surface area contributed by atoms with E-state index in [-0.39, 0.29) is 11.3 Å². The zero-order chi connectivity index (χ0) is 17.2. The minimum Gasteiger partial charge on any atom is -0.550 e. The number of aryl methyl sites for hydroxylation is 1. The molecule has 1 heterocycles. The second-order valence-electron chi connectivity index (χ2n) is 5.29. The first kappa shape index (κ1) is 16.0. The Bertz CT molecular complexity index is 978. The van der Waals surface area contributed by atoms with Crippen LogP contribution in [0, 0.1) is 0 Å². The van der Waals surface area contributed by atoms with Crippen molar-refractivity contribution < 1.29 is 18.3 Å². The van der Waals surface area contributed by atoms with Gasteiger partial charge in [-0.05, 0) is 48.7 Å². The van der Waals surface area contributed by atoms with Gasteiger partial charge in [0.1, 0.15) is 0 Å². The molecule has 7 nitrogen and oxygen atoms in total. The zero-order valence-electron chi connectivity index (χ0n) is 12.5. The number of anilines is 1. The number of fused-ring (bicyclic) bond motifs is 1. The highest BCUT2D eigenvalue weighted by Crippen LogP contribution is 2.20. The van der Waals surface area contributed by atoms with Gasteiger partial charge in [0.05, 0.1) is 22.3 Å². The summed E-state index contributed by atoms with van der Waals surface area (Å²) in [7, 11) is -3.73. The number of hydrogen-bond acceptors (Lipinski definition) is 5. The number of nitrogens with one attached hydrogen (secondary N) is 2. The minimum atomic E-state index is -3.73. The van der Waals surface area contributed by atoms with Crippen molar-refractivity contribution in [2.75, 3.05) is 4.72 Å². The number of carboxylic acids is 1. The fourth-order valence-corrected chi connectivity index (χ4v) is 3.35. The lowest BCUT2D eigenvalue weighted by atomic mass is 10.1. The Morgan fingerprint density at radius 3 is 2.62 bits per heavy atom. The number of nitrogens with zero attached hydrogens (tertiary/aromatic N) is 1. The molecule has 3 aromatic rings. The van der Waals surface area contributed by atoms with Crippen LogP contribution in [0.3, 0.4) is 0 Å². The maximum atomic E-state index is 12.4. The summed E-state index contributed by atoms with van der Waals surface area (Å²) in [5, 5.41) is 18.0. The third kappa shape index (κ3) is 3.54. The molecule has 0 amide bonds. The number of sulfonamides is 1. The van der Waals surface area contributed by atoms with E-state index in [1.165, 1.54) is 12.1 Å². The Morgan fingerprint density at radius 1 is 1.17 bits per heavy atom. The Morgan fingerprint density at radius 2 is 1.92 bits per heavy atom. The summed E-state index contributed by atoms with van der Waals surface area (Å²) in [6, 6.07) is 11.2. The van der Waals surface area contributed by atoms with Gasteiger partial charge in [0, 0.05) is 11.4 Å². The third-order valence-electron chi connectivity index (χ3n) is 3.55. The maximum absolute atomic E-state index is 12.4. The van der Waals surface area contributed by atoms with Crippen LogP contribution in [0.4, 0.5) is 5.69 Å². The van der Waals surface area contributed by atoms with Crippen LogP contribution in [0.15, 0.2) is 53.6 Å². The van der Waals surface area contributed by atoms with Gasteiger partial charge < -0.3 is 9.90 Å². The van der Waals surface area contributed by atoms with Crippen molar-refractivity contribution in [3.8, 4) is 0 Å². The molecule has 0 atom stereocenters. The van der Waals surface area contributed by atoms with Crippen LogP contribution in [-0.2, 0) is 21.2 Å². The largest absolute Gasteiger partial charge is 0.550 e. The molecule has 8 heteroatoms. The molecule has 0 radical (unpaired) electrons. The van der Waals surface area contributed by atoms with E-state index >= 15 is 0 Å². The van der Waals surface area contributed by atoms with Crippen molar-refractivity contribution in [2.24, 2.45) is 0 Å². The Kier molecular flexibility index (Phi) is 4.22. The van der Waals surface area contributed by atoms with Gasteiger partial charge in [-0.3, -0.25) is 9.82 Å².